The lowest BCUT2D eigenvalue weighted by molar-refractivity contribution is -0.115. The van der Waals surface area contributed by atoms with E-state index in [1.165, 1.54) is 12.1 Å². The van der Waals surface area contributed by atoms with Crippen LogP contribution in [-0.2, 0) is 26.1 Å². The van der Waals surface area contributed by atoms with Crippen LogP contribution >= 0.6 is 0 Å². The maximum Gasteiger partial charge on any atom is 0.262 e. The van der Waals surface area contributed by atoms with Gasteiger partial charge >= 0.3 is 0 Å². The SMILES string of the molecule is CC(C)(C)ONS(=O)(=O)c1ccc2c(c1)CC(=O)N2. The van der Waals surface area contributed by atoms with E-state index >= 15 is 0 Å². The molecule has 0 saturated heterocycles. The summed E-state index contributed by atoms with van der Waals surface area (Å²) < 4.78 is 24.0. The van der Waals surface area contributed by atoms with Crippen molar-refractivity contribution >= 4 is 21.6 Å². The van der Waals surface area contributed by atoms with Crippen molar-refractivity contribution in [2.45, 2.75) is 37.7 Å². The van der Waals surface area contributed by atoms with Crippen molar-refractivity contribution in [1.29, 1.82) is 0 Å². The smallest absolute Gasteiger partial charge is 0.262 e. The van der Waals surface area contributed by atoms with Crippen molar-refractivity contribution in [2.24, 2.45) is 0 Å². The van der Waals surface area contributed by atoms with Crippen LogP contribution in [0.25, 0.3) is 0 Å². The van der Waals surface area contributed by atoms with Crippen LogP contribution in [0.4, 0.5) is 5.69 Å². The van der Waals surface area contributed by atoms with Gasteiger partial charge in [-0.05, 0) is 44.5 Å². The molecule has 0 aliphatic carbocycles. The molecule has 6 nitrogen and oxygen atoms in total. The molecule has 1 amide bonds. The predicted molar refractivity (Wildman–Crippen MR) is 69.9 cm³/mol. The second-order valence-corrected chi connectivity index (χ2v) is 6.99. The lowest BCUT2D eigenvalue weighted by Crippen LogP contribution is -2.33. The Bertz CT molecular complexity index is 617. The average Bonchev–Trinajstić information content (AvgIpc) is 2.64. The molecule has 2 rings (SSSR count). The number of anilines is 1. The van der Waals surface area contributed by atoms with E-state index in [0.29, 0.717) is 11.3 Å². The van der Waals surface area contributed by atoms with E-state index in [0.717, 1.165) is 0 Å². The van der Waals surface area contributed by atoms with Crippen molar-refractivity contribution in [1.82, 2.24) is 4.89 Å². The van der Waals surface area contributed by atoms with Gasteiger partial charge in [-0.15, -0.1) is 0 Å². The summed E-state index contributed by atoms with van der Waals surface area (Å²) in [4.78, 5) is 18.4. The monoisotopic (exact) mass is 284 g/mol. The van der Waals surface area contributed by atoms with Gasteiger partial charge in [0.2, 0.25) is 5.91 Å². The van der Waals surface area contributed by atoms with Crippen LogP contribution in [0, 0.1) is 0 Å². The standard InChI is InChI=1S/C12H16N2O4S/c1-12(2,3)18-14-19(16,17)9-4-5-10-8(6-9)7-11(15)13-10/h4-6,14H,7H2,1-3H3,(H,13,15). The van der Waals surface area contributed by atoms with Crippen LogP contribution < -0.4 is 10.2 Å². The third-order valence-corrected chi connectivity index (χ3v) is 3.65. The van der Waals surface area contributed by atoms with Gasteiger partial charge in [-0.2, -0.15) is 0 Å². The first-order valence-electron chi connectivity index (χ1n) is 5.80. The van der Waals surface area contributed by atoms with Gasteiger partial charge in [0.05, 0.1) is 16.9 Å². The first kappa shape index (κ1) is 14.0. The average molecular weight is 284 g/mol. The molecule has 0 spiro atoms. The molecule has 2 N–H and O–H groups in total. The Labute approximate surface area is 112 Å². The Morgan fingerprint density at radius 2 is 2.00 bits per heavy atom. The highest BCUT2D eigenvalue weighted by molar-refractivity contribution is 7.89. The lowest BCUT2D eigenvalue weighted by atomic mass is 10.2. The number of carbonyl (C=O) groups is 1. The zero-order valence-electron chi connectivity index (χ0n) is 11.0. The number of sulfonamides is 1. The van der Waals surface area contributed by atoms with E-state index in [2.05, 4.69) is 10.2 Å². The maximum atomic E-state index is 12.0. The Balaban J connectivity index is 2.23. The molecule has 1 aromatic rings. The maximum absolute atomic E-state index is 12.0. The highest BCUT2D eigenvalue weighted by Gasteiger charge is 2.23. The quantitative estimate of drug-likeness (QED) is 0.817. The molecule has 104 valence electrons. The van der Waals surface area contributed by atoms with Crippen LogP contribution in [0.1, 0.15) is 26.3 Å². The highest BCUT2D eigenvalue weighted by atomic mass is 32.2. The van der Waals surface area contributed by atoms with Gasteiger partial charge in [0.25, 0.3) is 10.0 Å². The van der Waals surface area contributed by atoms with E-state index in [9.17, 15) is 13.2 Å². The van der Waals surface area contributed by atoms with E-state index in [-0.39, 0.29) is 17.2 Å². The third-order valence-electron chi connectivity index (χ3n) is 2.47. The third kappa shape index (κ3) is 3.31. The summed E-state index contributed by atoms with van der Waals surface area (Å²) in [5, 5.41) is 2.65. The number of benzene rings is 1. The van der Waals surface area contributed by atoms with Crippen LogP contribution in [0.15, 0.2) is 23.1 Å². The molecular weight excluding hydrogens is 268 g/mol. The number of fused-ring (bicyclic) bond motifs is 1. The number of rotatable bonds is 3. The summed E-state index contributed by atoms with van der Waals surface area (Å²) >= 11 is 0. The zero-order chi connectivity index (χ0) is 14.3. The molecule has 0 bridgehead atoms. The van der Waals surface area contributed by atoms with E-state index in [1.54, 1.807) is 26.8 Å². The van der Waals surface area contributed by atoms with Gasteiger partial charge in [0.15, 0.2) is 0 Å². The predicted octanol–water partition coefficient (Wildman–Crippen LogP) is 1.19. The summed E-state index contributed by atoms with van der Waals surface area (Å²) in [6.45, 7) is 5.21. The van der Waals surface area contributed by atoms with E-state index in [4.69, 9.17) is 4.84 Å². The summed E-state index contributed by atoms with van der Waals surface area (Å²) in [7, 11) is -3.74. The topological polar surface area (TPSA) is 84.5 Å². The molecule has 0 saturated carbocycles. The first-order valence-corrected chi connectivity index (χ1v) is 7.28. The minimum Gasteiger partial charge on any atom is -0.326 e. The van der Waals surface area contributed by atoms with Gasteiger partial charge < -0.3 is 5.32 Å². The van der Waals surface area contributed by atoms with Crippen molar-refractivity contribution in [2.75, 3.05) is 5.32 Å². The minimum absolute atomic E-state index is 0.0759. The molecule has 1 aliphatic heterocycles. The van der Waals surface area contributed by atoms with Gasteiger partial charge in [0.1, 0.15) is 0 Å². The molecule has 7 heteroatoms. The highest BCUT2D eigenvalue weighted by Crippen LogP contribution is 2.25. The molecular formula is C12H16N2O4S. The Morgan fingerprint density at radius 3 is 2.63 bits per heavy atom. The van der Waals surface area contributed by atoms with Gasteiger partial charge in [-0.1, -0.05) is 4.89 Å². The Hall–Kier alpha value is -1.44. The van der Waals surface area contributed by atoms with Crippen LogP contribution in [0.3, 0.4) is 0 Å². The van der Waals surface area contributed by atoms with Crippen LogP contribution in [0.5, 0.6) is 0 Å². The van der Waals surface area contributed by atoms with Gasteiger partial charge in [-0.3, -0.25) is 9.63 Å². The van der Waals surface area contributed by atoms with Gasteiger partial charge in [-0.25, -0.2) is 8.42 Å². The fourth-order valence-corrected chi connectivity index (χ4v) is 2.60. The molecule has 1 aliphatic rings. The fraction of sp³-hybridized carbons (Fsp3) is 0.417. The molecule has 1 heterocycles. The van der Waals surface area contributed by atoms with E-state index in [1.807, 2.05) is 0 Å². The number of amides is 1. The number of nitrogens with one attached hydrogen (secondary N) is 2. The van der Waals surface area contributed by atoms with Crippen molar-refractivity contribution in [3.8, 4) is 0 Å². The normalized spacial score (nSPS) is 15.2. The van der Waals surface area contributed by atoms with Crippen molar-refractivity contribution < 1.29 is 18.0 Å². The van der Waals surface area contributed by atoms with E-state index < -0.39 is 15.6 Å². The van der Waals surface area contributed by atoms with Crippen molar-refractivity contribution in [3.63, 3.8) is 0 Å². The summed E-state index contributed by atoms with van der Waals surface area (Å²) in [6.07, 6.45) is 0.193. The van der Waals surface area contributed by atoms with Crippen LogP contribution in [0.2, 0.25) is 0 Å². The summed E-state index contributed by atoms with van der Waals surface area (Å²) in [5.41, 5.74) is 0.700. The largest absolute Gasteiger partial charge is 0.326 e. The van der Waals surface area contributed by atoms with Gasteiger partial charge in [0, 0.05) is 5.69 Å². The second kappa shape index (κ2) is 4.59. The minimum atomic E-state index is -3.74. The number of hydrogen-bond donors (Lipinski definition) is 2. The van der Waals surface area contributed by atoms with Crippen LogP contribution in [-0.4, -0.2) is 19.9 Å². The lowest BCUT2D eigenvalue weighted by Gasteiger charge is -2.19. The first-order chi connectivity index (χ1) is 8.67. The Kier molecular flexibility index (Phi) is 3.38. The second-order valence-electron chi connectivity index (χ2n) is 5.35. The molecule has 0 fully saturated rings. The molecule has 19 heavy (non-hydrogen) atoms. The molecule has 0 radical (unpaired) electrons. The summed E-state index contributed by atoms with van der Waals surface area (Å²) in [6, 6.07) is 4.48. The number of carbonyl (C=O) groups excluding carboxylic acids is 1. The fourth-order valence-electron chi connectivity index (χ4n) is 1.60. The summed E-state index contributed by atoms with van der Waals surface area (Å²) in [5.74, 6) is -0.136. The molecule has 0 unspecified atom stereocenters. The zero-order valence-corrected chi connectivity index (χ0v) is 11.8. The van der Waals surface area contributed by atoms with Crippen molar-refractivity contribution in [3.05, 3.63) is 23.8 Å². The number of hydrogen-bond acceptors (Lipinski definition) is 4. The molecule has 0 aromatic heterocycles. The molecule has 1 aromatic carbocycles. The molecule has 0 atom stereocenters. The Morgan fingerprint density at radius 1 is 1.32 bits per heavy atom.